The second-order valence-electron chi connectivity index (χ2n) is 6.11. The number of hydrogen-bond donors (Lipinski definition) is 1. The van der Waals surface area contributed by atoms with Gasteiger partial charge in [-0.1, -0.05) is 51.1 Å². The maximum atomic E-state index is 11.7. The average Bonchev–Trinajstić information content (AvgIpc) is 2.35. The Balaban J connectivity index is 2.25. The van der Waals surface area contributed by atoms with Crippen molar-refractivity contribution in [3.05, 3.63) is 35.9 Å². The molecule has 1 aromatic carbocycles. The molecular formula is C16H25NO2. The van der Waals surface area contributed by atoms with Crippen LogP contribution in [-0.4, -0.2) is 18.6 Å². The van der Waals surface area contributed by atoms with Crippen molar-refractivity contribution in [3.63, 3.8) is 0 Å². The van der Waals surface area contributed by atoms with E-state index in [0.717, 1.165) is 12.8 Å². The summed E-state index contributed by atoms with van der Waals surface area (Å²) in [5, 5.41) is 0. The first-order chi connectivity index (χ1) is 8.88. The number of esters is 1. The Morgan fingerprint density at radius 2 is 1.89 bits per heavy atom. The van der Waals surface area contributed by atoms with E-state index in [1.54, 1.807) is 0 Å². The van der Waals surface area contributed by atoms with Crippen LogP contribution in [0.4, 0.5) is 0 Å². The van der Waals surface area contributed by atoms with E-state index in [-0.39, 0.29) is 11.4 Å². The fraction of sp³-hybridized carbons (Fsp3) is 0.562. The Morgan fingerprint density at radius 3 is 2.47 bits per heavy atom. The van der Waals surface area contributed by atoms with Crippen molar-refractivity contribution in [1.29, 1.82) is 0 Å². The third-order valence-electron chi connectivity index (χ3n) is 2.99. The van der Waals surface area contributed by atoms with Crippen LogP contribution in [0.5, 0.6) is 0 Å². The highest BCUT2D eigenvalue weighted by Crippen LogP contribution is 2.18. The Labute approximate surface area is 116 Å². The molecule has 0 aliphatic heterocycles. The highest BCUT2D eigenvalue weighted by Gasteiger charge is 2.16. The third kappa shape index (κ3) is 6.97. The molecule has 3 nitrogen and oxygen atoms in total. The van der Waals surface area contributed by atoms with Gasteiger partial charge in [0.2, 0.25) is 0 Å². The van der Waals surface area contributed by atoms with E-state index in [0.29, 0.717) is 13.0 Å². The standard InChI is InChI=1S/C16H25NO2/c1-16(2,3)11-12-19-15(18)14(17)10-9-13-7-5-4-6-8-13/h4-8,14H,9-12,17H2,1-3H3. The van der Waals surface area contributed by atoms with Gasteiger partial charge in [0.15, 0.2) is 0 Å². The summed E-state index contributed by atoms with van der Waals surface area (Å²) in [5.74, 6) is -0.291. The zero-order valence-electron chi connectivity index (χ0n) is 12.2. The molecule has 3 heteroatoms. The summed E-state index contributed by atoms with van der Waals surface area (Å²) in [5.41, 5.74) is 7.21. The Hall–Kier alpha value is -1.35. The topological polar surface area (TPSA) is 52.3 Å². The van der Waals surface area contributed by atoms with Crippen molar-refractivity contribution >= 4 is 5.97 Å². The lowest BCUT2D eigenvalue weighted by Gasteiger charge is -2.18. The second-order valence-corrected chi connectivity index (χ2v) is 6.11. The molecule has 0 heterocycles. The van der Waals surface area contributed by atoms with E-state index in [2.05, 4.69) is 20.8 Å². The molecule has 0 amide bonds. The molecule has 106 valence electrons. The van der Waals surface area contributed by atoms with Gasteiger partial charge in [0.1, 0.15) is 6.04 Å². The number of ether oxygens (including phenoxy) is 1. The molecule has 0 fully saturated rings. The predicted molar refractivity (Wildman–Crippen MR) is 77.8 cm³/mol. The van der Waals surface area contributed by atoms with Gasteiger partial charge < -0.3 is 10.5 Å². The monoisotopic (exact) mass is 263 g/mol. The van der Waals surface area contributed by atoms with Crippen molar-refractivity contribution in [2.24, 2.45) is 11.1 Å². The molecule has 2 N–H and O–H groups in total. The highest BCUT2D eigenvalue weighted by molar-refractivity contribution is 5.75. The summed E-state index contributed by atoms with van der Waals surface area (Å²) >= 11 is 0. The molecule has 0 saturated carbocycles. The van der Waals surface area contributed by atoms with E-state index in [1.165, 1.54) is 5.56 Å². The number of rotatable bonds is 6. The summed E-state index contributed by atoms with van der Waals surface area (Å²) in [6.07, 6.45) is 2.28. The Bertz CT molecular complexity index is 381. The normalized spacial score (nSPS) is 13.1. The molecule has 0 aliphatic rings. The molecule has 0 radical (unpaired) electrons. The molecule has 0 aromatic heterocycles. The summed E-state index contributed by atoms with van der Waals surface area (Å²) in [7, 11) is 0. The van der Waals surface area contributed by atoms with Gasteiger partial charge in [-0.25, -0.2) is 0 Å². The fourth-order valence-corrected chi connectivity index (χ4v) is 1.65. The smallest absolute Gasteiger partial charge is 0.322 e. The number of nitrogens with two attached hydrogens (primary N) is 1. The van der Waals surface area contributed by atoms with Crippen molar-refractivity contribution in [1.82, 2.24) is 0 Å². The van der Waals surface area contributed by atoms with E-state index >= 15 is 0 Å². The van der Waals surface area contributed by atoms with Crippen molar-refractivity contribution in [2.45, 2.75) is 46.1 Å². The molecule has 1 aromatic rings. The van der Waals surface area contributed by atoms with Crippen LogP contribution in [0.1, 0.15) is 39.2 Å². The van der Waals surface area contributed by atoms with E-state index in [1.807, 2.05) is 30.3 Å². The summed E-state index contributed by atoms with van der Waals surface area (Å²) in [6, 6.07) is 9.50. The SMILES string of the molecule is CC(C)(C)CCOC(=O)C(N)CCc1ccccc1. The Kier molecular flexibility index (Phi) is 6.03. The van der Waals surface area contributed by atoms with Gasteiger partial charge in [0.25, 0.3) is 0 Å². The first kappa shape index (κ1) is 15.7. The Morgan fingerprint density at radius 1 is 1.26 bits per heavy atom. The van der Waals surface area contributed by atoms with Crippen LogP contribution in [0.2, 0.25) is 0 Å². The molecule has 0 spiro atoms. The molecule has 19 heavy (non-hydrogen) atoms. The summed E-state index contributed by atoms with van der Waals surface area (Å²) in [6.45, 7) is 6.81. The van der Waals surface area contributed by atoms with Crippen molar-refractivity contribution in [2.75, 3.05) is 6.61 Å². The van der Waals surface area contributed by atoms with Crippen LogP contribution in [0, 0.1) is 5.41 Å². The van der Waals surface area contributed by atoms with Crippen LogP contribution < -0.4 is 5.73 Å². The predicted octanol–water partition coefficient (Wildman–Crippen LogP) is 2.93. The summed E-state index contributed by atoms with van der Waals surface area (Å²) in [4.78, 5) is 11.7. The largest absolute Gasteiger partial charge is 0.465 e. The second kappa shape index (κ2) is 7.29. The number of carbonyl (C=O) groups is 1. The highest BCUT2D eigenvalue weighted by atomic mass is 16.5. The average molecular weight is 263 g/mol. The maximum Gasteiger partial charge on any atom is 0.322 e. The summed E-state index contributed by atoms with van der Waals surface area (Å²) < 4.78 is 5.20. The molecule has 1 atom stereocenters. The minimum absolute atomic E-state index is 0.175. The lowest BCUT2D eigenvalue weighted by molar-refractivity contribution is -0.145. The van der Waals surface area contributed by atoms with Gasteiger partial charge in [-0.15, -0.1) is 0 Å². The first-order valence-corrected chi connectivity index (χ1v) is 6.84. The molecule has 1 rings (SSSR count). The van der Waals surface area contributed by atoms with Crippen LogP contribution in [0.3, 0.4) is 0 Å². The van der Waals surface area contributed by atoms with Gasteiger partial charge in [-0.05, 0) is 30.2 Å². The molecule has 0 aliphatic carbocycles. The van der Waals surface area contributed by atoms with E-state index < -0.39 is 6.04 Å². The molecular weight excluding hydrogens is 238 g/mol. The minimum atomic E-state index is -0.528. The quantitative estimate of drug-likeness (QED) is 0.803. The first-order valence-electron chi connectivity index (χ1n) is 6.84. The number of benzene rings is 1. The van der Waals surface area contributed by atoms with Gasteiger partial charge in [-0.3, -0.25) is 4.79 Å². The zero-order chi connectivity index (χ0) is 14.3. The lowest BCUT2D eigenvalue weighted by atomic mass is 9.93. The van der Waals surface area contributed by atoms with Crippen LogP contribution >= 0.6 is 0 Å². The van der Waals surface area contributed by atoms with Crippen molar-refractivity contribution < 1.29 is 9.53 Å². The fourth-order valence-electron chi connectivity index (χ4n) is 1.65. The minimum Gasteiger partial charge on any atom is -0.465 e. The lowest BCUT2D eigenvalue weighted by Crippen LogP contribution is -2.33. The van der Waals surface area contributed by atoms with E-state index in [4.69, 9.17) is 10.5 Å². The van der Waals surface area contributed by atoms with Crippen LogP contribution in [0.15, 0.2) is 30.3 Å². The number of hydrogen-bond acceptors (Lipinski definition) is 3. The third-order valence-corrected chi connectivity index (χ3v) is 2.99. The van der Waals surface area contributed by atoms with Gasteiger partial charge in [-0.2, -0.15) is 0 Å². The van der Waals surface area contributed by atoms with E-state index in [9.17, 15) is 4.79 Å². The number of aryl methyl sites for hydroxylation is 1. The van der Waals surface area contributed by atoms with Crippen molar-refractivity contribution in [3.8, 4) is 0 Å². The van der Waals surface area contributed by atoms with Gasteiger partial charge in [0, 0.05) is 0 Å². The maximum absolute atomic E-state index is 11.7. The molecule has 0 bridgehead atoms. The molecule has 0 saturated heterocycles. The van der Waals surface area contributed by atoms with Crippen LogP contribution in [0.25, 0.3) is 0 Å². The molecule has 1 unspecified atom stereocenters. The van der Waals surface area contributed by atoms with Crippen LogP contribution in [-0.2, 0) is 16.0 Å². The number of carbonyl (C=O) groups excluding carboxylic acids is 1. The zero-order valence-corrected chi connectivity index (χ0v) is 12.2. The van der Waals surface area contributed by atoms with Gasteiger partial charge in [0.05, 0.1) is 6.61 Å². The van der Waals surface area contributed by atoms with Gasteiger partial charge >= 0.3 is 5.97 Å².